The lowest BCUT2D eigenvalue weighted by Crippen LogP contribution is -2.39. The summed E-state index contributed by atoms with van der Waals surface area (Å²) < 4.78 is 27.8. The monoisotopic (exact) mass is 345 g/mol. The van der Waals surface area contributed by atoms with E-state index in [4.69, 9.17) is 0 Å². The molecule has 0 amide bonds. The van der Waals surface area contributed by atoms with E-state index >= 15 is 0 Å². The molecular formula is C18H23N3O2S. The van der Waals surface area contributed by atoms with Crippen molar-refractivity contribution in [3.05, 3.63) is 36.5 Å². The summed E-state index contributed by atoms with van der Waals surface area (Å²) in [6, 6.07) is 9.92. The van der Waals surface area contributed by atoms with Gasteiger partial charge in [-0.2, -0.15) is 4.31 Å². The predicted molar refractivity (Wildman–Crippen MR) is 94.3 cm³/mol. The minimum atomic E-state index is -3.50. The van der Waals surface area contributed by atoms with Gasteiger partial charge < -0.3 is 5.32 Å². The maximum Gasteiger partial charge on any atom is 0.245 e. The first-order valence-corrected chi connectivity index (χ1v) is 10.2. The Hall–Kier alpha value is -1.50. The highest BCUT2D eigenvalue weighted by atomic mass is 32.2. The third-order valence-corrected chi connectivity index (χ3v) is 7.09. The summed E-state index contributed by atoms with van der Waals surface area (Å²) >= 11 is 0. The van der Waals surface area contributed by atoms with E-state index < -0.39 is 10.0 Å². The first-order chi connectivity index (χ1) is 11.6. The second kappa shape index (κ2) is 6.43. The second-order valence-electron chi connectivity index (χ2n) is 6.83. The first-order valence-electron chi connectivity index (χ1n) is 8.74. The van der Waals surface area contributed by atoms with Crippen LogP contribution in [0.15, 0.2) is 41.4 Å². The number of aromatic nitrogens is 1. The maximum absolute atomic E-state index is 13.1. The van der Waals surface area contributed by atoms with Gasteiger partial charge in [0.2, 0.25) is 10.0 Å². The zero-order chi connectivity index (χ0) is 16.6. The largest absolute Gasteiger partial charge is 0.310 e. The predicted octanol–water partition coefficient (Wildman–Crippen LogP) is 2.53. The Kier molecular flexibility index (Phi) is 4.28. The van der Waals surface area contributed by atoms with Gasteiger partial charge in [-0.15, -0.1) is 0 Å². The molecule has 1 N–H and O–H groups in total. The lowest BCUT2D eigenvalue weighted by atomic mass is 10.2. The Morgan fingerprint density at radius 3 is 2.67 bits per heavy atom. The highest BCUT2D eigenvalue weighted by Crippen LogP contribution is 2.27. The lowest BCUT2D eigenvalue weighted by molar-refractivity contribution is 0.421. The molecule has 1 aliphatic heterocycles. The van der Waals surface area contributed by atoms with E-state index in [0.29, 0.717) is 29.5 Å². The Balaban J connectivity index is 1.56. The van der Waals surface area contributed by atoms with Crippen molar-refractivity contribution >= 4 is 20.9 Å². The minimum absolute atomic E-state index is 0.269. The van der Waals surface area contributed by atoms with E-state index in [2.05, 4.69) is 10.3 Å². The van der Waals surface area contributed by atoms with Crippen LogP contribution in [0.2, 0.25) is 0 Å². The molecule has 4 rings (SSSR count). The summed E-state index contributed by atoms with van der Waals surface area (Å²) in [5, 5.41) is 4.51. The van der Waals surface area contributed by atoms with Crippen LogP contribution >= 0.6 is 0 Å². The molecule has 1 atom stereocenters. The summed E-state index contributed by atoms with van der Waals surface area (Å²) in [5.74, 6) is 0. The number of nitrogens with zero attached hydrogens (tertiary/aromatic N) is 2. The smallest absolute Gasteiger partial charge is 0.245 e. The van der Waals surface area contributed by atoms with Crippen LogP contribution in [0.5, 0.6) is 0 Å². The number of para-hydroxylation sites is 1. The number of benzene rings is 1. The number of sulfonamides is 1. The van der Waals surface area contributed by atoms with Crippen molar-refractivity contribution in [3.8, 4) is 0 Å². The Bertz CT molecular complexity index is 826. The molecule has 0 radical (unpaired) electrons. The van der Waals surface area contributed by atoms with Crippen molar-refractivity contribution < 1.29 is 8.42 Å². The SMILES string of the molecule is O=S(=O)(c1cccc2cccnc12)N1CCC(NC2CCCC2)C1. The molecule has 24 heavy (non-hydrogen) atoms. The van der Waals surface area contributed by atoms with Crippen LogP contribution in [0.4, 0.5) is 0 Å². The highest BCUT2D eigenvalue weighted by Gasteiger charge is 2.34. The van der Waals surface area contributed by atoms with Crippen LogP contribution in [-0.4, -0.2) is 42.9 Å². The summed E-state index contributed by atoms with van der Waals surface area (Å²) in [7, 11) is -3.50. The van der Waals surface area contributed by atoms with Gasteiger partial charge in [-0.3, -0.25) is 4.98 Å². The van der Waals surface area contributed by atoms with Gasteiger partial charge in [-0.25, -0.2) is 8.42 Å². The van der Waals surface area contributed by atoms with Crippen LogP contribution < -0.4 is 5.32 Å². The first kappa shape index (κ1) is 16.0. The van der Waals surface area contributed by atoms with Gasteiger partial charge in [0, 0.05) is 36.8 Å². The number of rotatable bonds is 4. The molecule has 2 aliphatic rings. The molecule has 1 aliphatic carbocycles. The molecule has 1 saturated carbocycles. The fourth-order valence-corrected chi connectivity index (χ4v) is 5.60. The molecule has 2 aromatic rings. The number of hydrogen-bond donors (Lipinski definition) is 1. The molecule has 1 aromatic heterocycles. The van der Waals surface area contributed by atoms with Gasteiger partial charge in [0.05, 0.1) is 5.52 Å². The van der Waals surface area contributed by atoms with E-state index in [9.17, 15) is 8.42 Å². The Morgan fingerprint density at radius 1 is 1.04 bits per heavy atom. The zero-order valence-electron chi connectivity index (χ0n) is 13.7. The molecule has 5 nitrogen and oxygen atoms in total. The van der Waals surface area contributed by atoms with Crippen LogP contribution in [0.25, 0.3) is 10.9 Å². The topological polar surface area (TPSA) is 62.3 Å². The van der Waals surface area contributed by atoms with Crippen molar-refractivity contribution in [2.45, 2.75) is 49.1 Å². The molecule has 1 saturated heterocycles. The van der Waals surface area contributed by atoms with Crippen molar-refractivity contribution in [3.63, 3.8) is 0 Å². The van der Waals surface area contributed by atoms with Gasteiger partial charge in [0.25, 0.3) is 0 Å². The number of hydrogen-bond acceptors (Lipinski definition) is 4. The molecule has 2 heterocycles. The summed E-state index contributed by atoms with van der Waals surface area (Å²) in [6.45, 7) is 1.14. The third-order valence-electron chi connectivity index (χ3n) is 5.19. The lowest BCUT2D eigenvalue weighted by Gasteiger charge is -2.20. The minimum Gasteiger partial charge on any atom is -0.310 e. The van der Waals surface area contributed by atoms with Crippen LogP contribution in [0.1, 0.15) is 32.1 Å². The number of pyridine rings is 1. The number of fused-ring (bicyclic) bond motifs is 1. The van der Waals surface area contributed by atoms with Gasteiger partial charge in [0.1, 0.15) is 4.90 Å². The highest BCUT2D eigenvalue weighted by molar-refractivity contribution is 7.89. The molecular weight excluding hydrogens is 322 g/mol. The normalized spacial score (nSPS) is 23.2. The van der Waals surface area contributed by atoms with E-state index in [1.165, 1.54) is 25.7 Å². The second-order valence-corrected chi connectivity index (χ2v) is 8.73. The van der Waals surface area contributed by atoms with Gasteiger partial charge in [-0.05, 0) is 31.4 Å². The Labute approximate surface area is 143 Å². The van der Waals surface area contributed by atoms with Crippen molar-refractivity contribution in [1.82, 2.24) is 14.6 Å². The van der Waals surface area contributed by atoms with Gasteiger partial charge in [0.15, 0.2) is 0 Å². The van der Waals surface area contributed by atoms with E-state index in [1.807, 2.05) is 18.2 Å². The Morgan fingerprint density at radius 2 is 1.83 bits per heavy atom. The molecule has 128 valence electrons. The summed E-state index contributed by atoms with van der Waals surface area (Å²) in [4.78, 5) is 4.62. The molecule has 2 fully saturated rings. The molecule has 0 bridgehead atoms. The average molecular weight is 345 g/mol. The van der Waals surface area contributed by atoms with Gasteiger partial charge in [-0.1, -0.05) is 31.0 Å². The van der Waals surface area contributed by atoms with Crippen molar-refractivity contribution in [2.24, 2.45) is 0 Å². The quantitative estimate of drug-likeness (QED) is 0.925. The van der Waals surface area contributed by atoms with E-state index in [-0.39, 0.29) is 6.04 Å². The van der Waals surface area contributed by atoms with Crippen LogP contribution in [-0.2, 0) is 10.0 Å². The van der Waals surface area contributed by atoms with E-state index in [0.717, 1.165) is 11.8 Å². The zero-order valence-corrected chi connectivity index (χ0v) is 14.5. The molecule has 0 spiro atoms. The van der Waals surface area contributed by atoms with Crippen LogP contribution in [0, 0.1) is 0 Å². The maximum atomic E-state index is 13.1. The molecule has 6 heteroatoms. The molecule has 1 aromatic carbocycles. The summed E-state index contributed by atoms with van der Waals surface area (Å²) in [6.07, 6.45) is 7.54. The standard InChI is InChI=1S/C18H23N3O2S/c22-24(23,17-9-3-5-14-6-4-11-19-18(14)17)21-12-10-16(13-21)20-15-7-1-2-8-15/h3-6,9,11,15-16,20H,1-2,7-8,10,12-13H2. The fraction of sp³-hybridized carbons (Fsp3) is 0.500. The van der Waals surface area contributed by atoms with E-state index in [1.54, 1.807) is 22.6 Å². The van der Waals surface area contributed by atoms with Crippen molar-refractivity contribution in [1.29, 1.82) is 0 Å². The average Bonchev–Trinajstić information content (AvgIpc) is 3.27. The summed E-state index contributed by atoms with van der Waals surface area (Å²) in [5.41, 5.74) is 0.562. The fourth-order valence-electron chi connectivity index (χ4n) is 3.93. The van der Waals surface area contributed by atoms with Gasteiger partial charge >= 0.3 is 0 Å². The van der Waals surface area contributed by atoms with Crippen molar-refractivity contribution in [2.75, 3.05) is 13.1 Å². The third kappa shape index (κ3) is 2.94. The molecule has 1 unspecified atom stereocenters. The number of nitrogens with one attached hydrogen (secondary N) is 1. The van der Waals surface area contributed by atoms with Crippen LogP contribution in [0.3, 0.4) is 0 Å².